The monoisotopic (exact) mass is 176 g/mol. The second kappa shape index (κ2) is 2.22. The summed E-state index contributed by atoms with van der Waals surface area (Å²) in [5, 5.41) is 7.61. The van der Waals surface area contributed by atoms with Crippen LogP contribution >= 0.6 is 0 Å². The van der Waals surface area contributed by atoms with Gasteiger partial charge in [0.25, 0.3) is 0 Å². The van der Waals surface area contributed by atoms with Gasteiger partial charge in [-0.15, -0.1) is 0 Å². The van der Waals surface area contributed by atoms with Gasteiger partial charge in [-0.3, -0.25) is 9.59 Å². The Morgan fingerprint density at radius 3 is 2.38 bits per heavy atom. The Morgan fingerprint density at radius 1 is 1.15 bits per heavy atom. The first-order chi connectivity index (χ1) is 6.02. The van der Waals surface area contributed by atoms with Crippen LogP contribution in [-0.2, 0) is 9.59 Å². The molecule has 0 saturated heterocycles. The van der Waals surface area contributed by atoms with Crippen LogP contribution < -0.4 is 0 Å². The van der Waals surface area contributed by atoms with Gasteiger partial charge >= 0.3 is 0 Å². The molecule has 2 rings (SSSR count). The van der Waals surface area contributed by atoms with E-state index in [0.29, 0.717) is 5.57 Å². The van der Waals surface area contributed by atoms with E-state index in [4.69, 9.17) is 0 Å². The summed E-state index contributed by atoms with van der Waals surface area (Å²) >= 11 is 0. The molecule has 0 aromatic heterocycles. The Morgan fingerprint density at radius 2 is 1.77 bits per heavy atom. The molecule has 4 nitrogen and oxygen atoms in total. The molecule has 1 aliphatic heterocycles. The highest BCUT2D eigenvalue weighted by molar-refractivity contribution is 6.21. The lowest BCUT2D eigenvalue weighted by atomic mass is 9.87. The molecule has 13 heavy (non-hydrogen) atoms. The van der Waals surface area contributed by atoms with Crippen molar-refractivity contribution in [2.75, 3.05) is 0 Å². The van der Waals surface area contributed by atoms with Gasteiger partial charge in [0, 0.05) is 0 Å². The minimum atomic E-state index is -0.646. The Labute approximate surface area is 75.0 Å². The summed E-state index contributed by atoms with van der Waals surface area (Å²) in [6, 6.07) is 0. The van der Waals surface area contributed by atoms with Crippen molar-refractivity contribution in [3.05, 3.63) is 23.4 Å². The van der Waals surface area contributed by atoms with Crippen molar-refractivity contribution in [1.82, 2.24) is 0 Å². The topological polar surface area (TPSA) is 58.9 Å². The molecule has 4 heteroatoms. The van der Waals surface area contributed by atoms with Crippen LogP contribution in [0.1, 0.15) is 13.8 Å². The number of nitrogens with zero attached hydrogens (tertiary/aromatic N) is 2. The molecule has 2 aliphatic rings. The van der Waals surface area contributed by atoms with Gasteiger partial charge in [0.05, 0.1) is 5.57 Å². The first kappa shape index (κ1) is 8.04. The van der Waals surface area contributed by atoms with Crippen LogP contribution in [0.4, 0.5) is 0 Å². The first-order valence-electron chi connectivity index (χ1n) is 3.97. The highest BCUT2D eigenvalue weighted by Crippen LogP contribution is 2.34. The van der Waals surface area contributed by atoms with Gasteiger partial charge in [0.1, 0.15) is 11.2 Å². The summed E-state index contributed by atoms with van der Waals surface area (Å²) in [7, 11) is 0. The number of ketones is 2. The van der Waals surface area contributed by atoms with Crippen LogP contribution in [0.25, 0.3) is 0 Å². The first-order valence-corrected chi connectivity index (χ1v) is 3.97. The summed E-state index contributed by atoms with van der Waals surface area (Å²) in [5.74, 6) is -0.395. The van der Waals surface area contributed by atoms with Crippen molar-refractivity contribution in [2.45, 2.75) is 19.4 Å². The summed E-state index contributed by atoms with van der Waals surface area (Å²) < 4.78 is 0. The number of carbonyl (C=O) groups excluding carboxylic acids is 2. The van der Waals surface area contributed by atoms with Crippen LogP contribution in [0.15, 0.2) is 33.7 Å². The number of allylic oxidation sites excluding steroid dienone is 2. The van der Waals surface area contributed by atoms with Crippen LogP contribution in [0.5, 0.6) is 0 Å². The molecular formula is C9H8N2O2. The normalized spacial score (nSPS) is 24.2. The van der Waals surface area contributed by atoms with E-state index in [9.17, 15) is 9.59 Å². The molecule has 0 fully saturated rings. The number of hydrogen-bond acceptors (Lipinski definition) is 4. The van der Waals surface area contributed by atoms with E-state index >= 15 is 0 Å². The molecular weight excluding hydrogens is 168 g/mol. The SMILES string of the molecule is CC1(C)N=NC2=C1C(=O)C=CC2=O. The highest BCUT2D eigenvalue weighted by atomic mass is 16.1. The average molecular weight is 176 g/mol. The van der Waals surface area contributed by atoms with Gasteiger partial charge in [0.15, 0.2) is 5.78 Å². The van der Waals surface area contributed by atoms with E-state index in [-0.39, 0.29) is 17.3 Å². The van der Waals surface area contributed by atoms with E-state index in [1.807, 2.05) is 0 Å². The number of rotatable bonds is 0. The van der Waals surface area contributed by atoms with Gasteiger partial charge in [-0.2, -0.15) is 10.2 Å². The lowest BCUT2D eigenvalue weighted by Gasteiger charge is -2.16. The fraction of sp³-hybridized carbons (Fsp3) is 0.333. The molecule has 1 heterocycles. The summed E-state index contributed by atoms with van der Waals surface area (Å²) in [4.78, 5) is 22.7. The fourth-order valence-corrected chi connectivity index (χ4v) is 1.47. The lowest BCUT2D eigenvalue weighted by Crippen LogP contribution is -2.26. The highest BCUT2D eigenvalue weighted by Gasteiger charge is 2.39. The second-order valence-electron chi connectivity index (χ2n) is 3.54. The zero-order valence-electron chi connectivity index (χ0n) is 7.37. The molecule has 0 bridgehead atoms. The van der Waals surface area contributed by atoms with Crippen LogP contribution in [0, 0.1) is 0 Å². The summed E-state index contributed by atoms with van der Waals surface area (Å²) in [6.45, 7) is 3.53. The van der Waals surface area contributed by atoms with Crippen molar-refractivity contribution in [3.63, 3.8) is 0 Å². The molecule has 0 aromatic rings. The lowest BCUT2D eigenvalue weighted by molar-refractivity contribution is -0.115. The van der Waals surface area contributed by atoms with E-state index in [0.717, 1.165) is 0 Å². The smallest absolute Gasteiger partial charge is 0.206 e. The van der Waals surface area contributed by atoms with Gasteiger partial charge in [-0.05, 0) is 26.0 Å². The van der Waals surface area contributed by atoms with Gasteiger partial charge in [-0.25, -0.2) is 0 Å². The third-order valence-electron chi connectivity index (χ3n) is 2.11. The zero-order valence-corrected chi connectivity index (χ0v) is 7.37. The third-order valence-corrected chi connectivity index (χ3v) is 2.11. The largest absolute Gasteiger partial charge is 0.289 e. The number of azo groups is 1. The van der Waals surface area contributed by atoms with Crippen LogP contribution in [0.3, 0.4) is 0 Å². The second-order valence-corrected chi connectivity index (χ2v) is 3.54. The predicted octanol–water partition coefficient (Wildman–Crippen LogP) is 1.19. The maximum atomic E-state index is 11.4. The van der Waals surface area contributed by atoms with E-state index < -0.39 is 5.54 Å². The minimum Gasteiger partial charge on any atom is -0.289 e. The van der Waals surface area contributed by atoms with Crippen LogP contribution in [-0.4, -0.2) is 17.1 Å². The Hall–Kier alpha value is -1.58. The molecule has 1 aliphatic carbocycles. The Balaban J connectivity index is 2.60. The van der Waals surface area contributed by atoms with Gasteiger partial charge in [-0.1, -0.05) is 0 Å². The number of carbonyl (C=O) groups is 2. The van der Waals surface area contributed by atoms with Crippen molar-refractivity contribution in [3.8, 4) is 0 Å². The molecule has 0 amide bonds. The fourth-order valence-electron chi connectivity index (χ4n) is 1.47. The van der Waals surface area contributed by atoms with E-state index in [1.54, 1.807) is 13.8 Å². The molecule has 0 spiro atoms. The molecule has 0 saturated carbocycles. The summed E-state index contributed by atoms with van der Waals surface area (Å²) in [5.41, 5.74) is -0.0233. The Bertz CT molecular complexity index is 400. The van der Waals surface area contributed by atoms with Crippen molar-refractivity contribution in [1.29, 1.82) is 0 Å². The molecule has 0 radical (unpaired) electrons. The van der Waals surface area contributed by atoms with Gasteiger partial charge in [0.2, 0.25) is 5.78 Å². The predicted molar refractivity (Wildman–Crippen MR) is 45.1 cm³/mol. The van der Waals surface area contributed by atoms with Gasteiger partial charge < -0.3 is 0 Å². The number of hydrogen-bond donors (Lipinski definition) is 0. The molecule has 66 valence electrons. The molecule has 0 atom stereocenters. The zero-order chi connectivity index (χ0) is 9.64. The molecule has 0 N–H and O–H groups in total. The van der Waals surface area contributed by atoms with E-state index in [1.165, 1.54) is 12.2 Å². The maximum Gasteiger partial charge on any atom is 0.206 e. The van der Waals surface area contributed by atoms with Crippen molar-refractivity contribution >= 4 is 11.6 Å². The maximum absolute atomic E-state index is 11.4. The Kier molecular flexibility index (Phi) is 1.37. The average Bonchev–Trinajstić information content (AvgIpc) is 2.36. The van der Waals surface area contributed by atoms with E-state index in [2.05, 4.69) is 10.2 Å². The molecule has 0 aromatic carbocycles. The minimum absolute atomic E-state index is 0.162. The van der Waals surface area contributed by atoms with Crippen LogP contribution in [0.2, 0.25) is 0 Å². The summed E-state index contributed by atoms with van der Waals surface area (Å²) in [6.07, 6.45) is 2.51. The van der Waals surface area contributed by atoms with Crippen molar-refractivity contribution < 1.29 is 9.59 Å². The van der Waals surface area contributed by atoms with Crippen molar-refractivity contribution in [2.24, 2.45) is 10.2 Å². The standard InChI is InChI=1S/C9H8N2O2/c1-9(2)7-5(12)3-4-6(13)8(7)10-11-9/h3-4H,1-2H3. The quantitative estimate of drug-likeness (QED) is 0.520. The third kappa shape index (κ3) is 0.983. The molecule has 0 unspecified atom stereocenters.